The number of benzene rings is 2. The third-order valence-corrected chi connectivity index (χ3v) is 3.26. The Morgan fingerprint density at radius 3 is 2.25 bits per heavy atom. The summed E-state index contributed by atoms with van der Waals surface area (Å²) in [5, 5.41) is 0. The molecule has 0 saturated carbocycles. The van der Waals surface area contributed by atoms with E-state index in [1.54, 1.807) is 24.3 Å². The third-order valence-electron chi connectivity index (χ3n) is 3.26. The van der Waals surface area contributed by atoms with Gasteiger partial charge in [0.2, 0.25) is 0 Å². The number of halogens is 3. The minimum atomic E-state index is -1.53. The molecule has 0 saturated heterocycles. The Morgan fingerprint density at radius 2 is 1.60 bits per heavy atom. The van der Waals surface area contributed by atoms with E-state index in [9.17, 15) is 13.2 Å². The fourth-order valence-electron chi connectivity index (χ4n) is 2.15. The number of hydrogen-bond donors (Lipinski definition) is 1. The molecule has 2 aromatic rings. The first-order chi connectivity index (χ1) is 9.39. The number of nitrogens with two attached hydrogens (primary N) is 1. The number of rotatable bonds is 3. The van der Waals surface area contributed by atoms with Crippen LogP contribution in [0.3, 0.4) is 0 Å². The molecule has 1 unspecified atom stereocenters. The van der Waals surface area contributed by atoms with E-state index >= 15 is 0 Å². The van der Waals surface area contributed by atoms with Gasteiger partial charge in [-0.1, -0.05) is 24.3 Å². The number of hydrogen-bond acceptors (Lipinski definition) is 2. The third kappa shape index (κ3) is 2.25. The van der Waals surface area contributed by atoms with E-state index in [0.717, 1.165) is 12.1 Å². The van der Waals surface area contributed by atoms with Gasteiger partial charge in [0.15, 0.2) is 17.5 Å². The van der Waals surface area contributed by atoms with Gasteiger partial charge in [-0.25, -0.2) is 13.2 Å². The summed E-state index contributed by atoms with van der Waals surface area (Å²) in [7, 11) is 1.45. The first-order valence-corrected chi connectivity index (χ1v) is 5.96. The fourth-order valence-corrected chi connectivity index (χ4v) is 2.15. The summed E-state index contributed by atoms with van der Waals surface area (Å²) in [4.78, 5) is 0. The largest absolute Gasteiger partial charge is 0.496 e. The molecule has 2 N–H and O–H groups in total. The molecule has 0 aliphatic carbocycles. The highest BCUT2D eigenvalue weighted by Gasteiger charge is 2.32. The van der Waals surface area contributed by atoms with Crippen molar-refractivity contribution in [2.24, 2.45) is 5.73 Å². The van der Waals surface area contributed by atoms with Crippen molar-refractivity contribution in [3.8, 4) is 5.75 Å². The van der Waals surface area contributed by atoms with E-state index in [0.29, 0.717) is 11.3 Å². The SMILES string of the molecule is COc1ccccc1C(C)(N)c1ccc(F)c(F)c1F. The molecule has 106 valence electrons. The minimum Gasteiger partial charge on any atom is -0.496 e. The maximum absolute atomic E-state index is 13.9. The molecule has 1 atom stereocenters. The standard InChI is InChI=1S/C15H14F3NO/c1-15(19,9-5-3-4-6-12(9)20-2)10-7-8-11(16)14(18)13(10)17/h3-8H,19H2,1-2H3. The second-order valence-corrected chi connectivity index (χ2v) is 4.63. The number of para-hydroxylation sites is 1. The first kappa shape index (κ1) is 14.4. The summed E-state index contributed by atoms with van der Waals surface area (Å²) in [6, 6.07) is 8.76. The highest BCUT2D eigenvalue weighted by Crippen LogP contribution is 2.35. The van der Waals surface area contributed by atoms with Crippen LogP contribution < -0.4 is 10.5 Å². The molecule has 2 aromatic carbocycles. The van der Waals surface area contributed by atoms with Gasteiger partial charge in [-0.15, -0.1) is 0 Å². The summed E-state index contributed by atoms with van der Waals surface area (Å²) in [5.74, 6) is -3.63. The molecule has 0 fully saturated rings. The Bertz CT molecular complexity index is 641. The molecule has 0 aromatic heterocycles. The van der Waals surface area contributed by atoms with Gasteiger partial charge in [0.25, 0.3) is 0 Å². The van der Waals surface area contributed by atoms with Crippen molar-refractivity contribution in [3.63, 3.8) is 0 Å². The van der Waals surface area contributed by atoms with Crippen LogP contribution in [0.2, 0.25) is 0 Å². The van der Waals surface area contributed by atoms with Gasteiger partial charge in [-0.05, 0) is 19.1 Å². The van der Waals surface area contributed by atoms with E-state index in [1.807, 2.05) is 0 Å². The maximum Gasteiger partial charge on any atom is 0.194 e. The van der Waals surface area contributed by atoms with E-state index < -0.39 is 23.0 Å². The monoisotopic (exact) mass is 281 g/mol. The lowest BCUT2D eigenvalue weighted by molar-refractivity contribution is 0.391. The van der Waals surface area contributed by atoms with Gasteiger partial charge in [0.05, 0.1) is 12.6 Å². The maximum atomic E-state index is 13.9. The predicted molar refractivity (Wildman–Crippen MR) is 70.0 cm³/mol. The van der Waals surface area contributed by atoms with Crippen LogP contribution in [0.5, 0.6) is 5.75 Å². The van der Waals surface area contributed by atoms with E-state index in [-0.39, 0.29) is 5.56 Å². The topological polar surface area (TPSA) is 35.2 Å². The summed E-state index contributed by atoms with van der Waals surface area (Å²) in [5.41, 5.74) is 5.13. The fraction of sp³-hybridized carbons (Fsp3) is 0.200. The van der Waals surface area contributed by atoms with Gasteiger partial charge >= 0.3 is 0 Å². The quantitative estimate of drug-likeness (QED) is 0.876. The minimum absolute atomic E-state index is 0.138. The highest BCUT2D eigenvalue weighted by molar-refractivity contribution is 5.46. The van der Waals surface area contributed by atoms with Gasteiger partial charge in [0.1, 0.15) is 5.75 Å². The molecular formula is C15H14F3NO. The normalized spacial score (nSPS) is 13.9. The van der Waals surface area contributed by atoms with E-state index in [4.69, 9.17) is 10.5 Å². The molecule has 0 radical (unpaired) electrons. The molecule has 0 aliphatic heterocycles. The Labute approximate surface area is 115 Å². The number of ether oxygens (including phenoxy) is 1. The van der Waals surface area contributed by atoms with E-state index in [1.165, 1.54) is 14.0 Å². The lowest BCUT2D eigenvalue weighted by Gasteiger charge is -2.28. The predicted octanol–water partition coefficient (Wildman–Crippen LogP) is 3.33. The van der Waals surface area contributed by atoms with Crippen molar-refractivity contribution in [1.29, 1.82) is 0 Å². The Kier molecular flexibility index (Phi) is 3.72. The van der Waals surface area contributed by atoms with Crippen molar-refractivity contribution in [1.82, 2.24) is 0 Å². The van der Waals surface area contributed by atoms with Crippen molar-refractivity contribution in [3.05, 3.63) is 65.0 Å². The molecule has 0 spiro atoms. The molecule has 20 heavy (non-hydrogen) atoms. The molecule has 5 heteroatoms. The summed E-state index contributed by atoms with van der Waals surface area (Å²) in [6.45, 7) is 1.51. The Morgan fingerprint density at radius 1 is 0.950 bits per heavy atom. The van der Waals surface area contributed by atoms with Gasteiger partial charge in [0, 0.05) is 11.1 Å². The molecule has 2 nitrogen and oxygen atoms in total. The summed E-state index contributed by atoms with van der Waals surface area (Å²) >= 11 is 0. The zero-order valence-electron chi connectivity index (χ0n) is 11.1. The van der Waals surface area contributed by atoms with Crippen molar-refractivity contribution < 1.29 is 17.9 Å². The zero-order valence-corrected chi connectivity index (χ0v) is 11.1. The van der Waals surface area contributed by atoms with Crippen LogP contribution in [-0.2, 0) is 5.54 Å². The summed E-state index contributed by atoms with van der Waals surface area (Å²) < 4.78 is 45.5. The number of methoxy groups -OCH3 is 1. The van der Waals surface area contributed by atoms with Crippen LogP contribution >= 0.6 is 0 Å². The molecule has 0 bridgehead atoms. The average molecular weight is 281 g/mol. The van der Waals surface area contributed by atoms with Gasteiger partial charge < -0.3 is 10.5 Å². The van der Waals surface area contributed by atoms with E-state index in [2.05, 4.69) is 0 Å². The van der Waals surface area contributed by atoms with Crippen LogP contribution in [0, 0.1) is 17.5 Å². The Hall–Kier alpha value is -2.01. The summed E-state index contributed by atoms with van der Waals surface area (Å²) in [6.07, 6.45) is 0. The molecule has 2 rings (SSSR count). The van der Waals surface area contributed by atoms with Crippen LogP contribution in [-0.4, -0.2) is 7.11 Å². The van der Waals surface area contributed by atoms with Crippen LogP contribution in [0.4, 0.5) is 13.2 Å². The van der Waals surface area contributed by atoms with Crippen molar-refractivity contribution in [2.75, 3.05) is 7.11 Å². The second-order valence-electron chi connectivity index (χ2n) is 4.63. The molecule has 0 aliphatic rings. The Balaban J connectivity index is 2.64. The van der Waals surface area contributed by atoms with Crippen LogP contribution in [0.15, 0.2) is 36.4 Å². The highest BCUT2D eigenvalue weighted by atomic mass is 19.2. The van der Waals surface area contributed by atoms with Crippen molar-refractivity contribution >= 4 is 0 Å². The average Bonchev–Trinajstić information content (AvgIpc) is 2.44. The zero-order chi connectivity index (χ0) is 14.9. The lowest BCUT2D eigenvalue weighted by atomic mass is 9.84. The molecule has 0 heterocycles. The van der Waals surface area contributed by atoms with Gasteiger partial charge in [-0.2, -0.15) is 0 Å². The van der Waals surface area contributed by atoms with Gasteiger partial charge in [-0.3, -0.25) is 0 Å². The second kappa shape index (κ2) is 5.17. The van der Waals surface area contributed by atoms with Crippen LogP contribution in [0.1, 0.15) is 18.1 Å². The molecular weight excluding hydrogens is 267 g/mol. The lowest BCUT2D eigenvalue weighted by Crippen LogP contribution is -2.36. The molecule has 0 amide bonds. The van der Waals surface area contributed by atoms with Crippen molar-refractivity contribution in [2.45, 2.75) is 12.5 Å². The first-order valence-electron chi connectivity index (χ1n) is 5.96. The van der Waals surface area contributed by atoms with Crippen LogP contribution in [0.25, 0.3) is 0 Å². The smallest absolute Gasteiger partial charge is 0.194 e.